The highest BCUT2D eigenvalue weighted by atomic mass is 16.5. The van der Waals surface area contributed by atoms with Gasteiger partial charge in [-0.25, -0.2) is 9.78 Å². The van der Waals surface area contributed by atoms with Gasteiger partial charge in [-0.2, -0.15) is 0 Å². The van der Waals surface area contributed by atoms with Gasteiger partial charge in [0, 0.05) is 42.8 Å². The van der Waals surface area contributed by atoms with Crippen LogP contribution in [0, 0.1) is 0 Å². The lowest BCUT2D eigenvalue weighted by atomic mass is 9.95. The molecule has 1 aliphatic rings. The number of imidazole rings is 1. The molecular weight excluding hydrogens is 412 g/mol. The van der Waals surface area contributed by atoms with Gasteiger partial charge >= 0.3 is 5.97 Å². The zero-order valence-electron chi connectivity index (χ0n) is 17.2. The summed E-state index contributed by atoms with van der Waals surface area (Å²) in [5, 5.41) is 11.0. The number of nitrogens with one attached hydrogen (secondary N) is 1. The molecule has 2 aromatic heterocycles. The number of nitrogens with zero attached hydrogens (tertiary/aromatic N) is 3. The average molecular weight is 432 g/mol. The summed E-state index contributed by atoms with van der Waals surface area (Å²) in [5.41, 5.74) is 2.08. The Labute approximate surface area is 183 Å². The average Bonchev–Trinajstić information content (AvgIpc) is 3.44. The second kappa shape index (κ2) is 8.84. The smallest absolute Gasteiger partial charge is 0.337 e. The molecule has 32 heavy (non-hydrogen) atoms. The van der Waals surface area contributed by atoms with Gasteiger partial charge in [-0.15, -0.1) is 0 Å². The van der Waals surface area contributed by atoms with Crippen LogP contribution in [0.25, 0.3) is 5.76 Å². The Morgan fingerprint density at radius 3 is 2.44 bits per heavy atom. The highest BCUT2D eigenvalue weighted by Gasteiger charge is 2.45. The number of ketones is 1. The number of H-pyrrole nitrogens is 1. The Kier molecular flexibility index (Phi) is 5.80. The minimum Gasteiger partial charge on any atom is -0.507 e. The molecule has 2 N–H and O–H groups in total. The molecule has 4 rings (SSSR count). The summed E-state index contributed by atoms with van der Waals surface area (Å²) in [6.45, 7) is 0.226. The molecule has 0 radical (unpaired) electrons. The van der Waals surface area contributed by atoms with E-state index in [1.807, 2.05) is 0 Å². The lowest BCUT2D eigenvalue weighted by Crippen LogP contribution is -2.31. The van der Waals surface area contributed by atoms with Gasteiger partial charge in [0.1, 0.15) is 5.76 Å². The van der Waals surface area contributed by atoms with Gasteiger partial charge in [0.2, 0.25) is 0 Å². The number of benzene rings is 1. The Hall–Kier alpha value is -4.27. The summed E-state index contributed by atoms with van der Waals surface area (Å²) >= 11 is 0. The van der Waals surface area contributed by atoms with E-state index in [0.717, 1.165) is 5.69 Å². The molecule has 3 heterocycles. The SMILES string of the molecule is COC(=O)c1ccc(C2C(=C(O)c3ccncc3)C(=O)C(=O)N2CCc2cnc[nH]2)cc1. The normalized spacial score (nSPS) is 17.5. The van der Waals surface area contributed by atoms with E-state index in [4.69, 9.17) is 4.74 Å². The molecule has 9 nitrogen and oxygen atoms in total. The zero-order chi connectivity index (χ0) is 22.7. The van der Waals surface area contributed by atoms with Crippen molar-refractivity contribution >= 4 is 23.4 Å². The molecule has 0 aliphatic carbocycles. The van der Waals surface area contributed by atoms with Crippen molar-refractivity contribution in [3.05, 3.63) is 89.3 Å². The fourth-order valence-electron chi connectivity index (χ4n) is 3.70. The number of ether oxygens (including phenoxy) is 1. The first-order valence-electron chi connectivity index (χ1n) is 9.85. The summed E-state index contributed by atoms with van der Waals surface area (Å²) < 4.78 is 4.73. The van der Waals surface area contributed by atoms with Gasteiger partial charge in [0.25, 0.3) is 11.7 Å². The predicted molar refractivity (Wildman–Crippen MR) is 113 cm³/mol. The number of hydrogen-bond donors (Lipinski definition) is 2. The van der Waals surface area contributed by atoms with Crippen LogP contribution in [0.15, 0.2) is 66.9 Å². The van der Waals surface area contributed by atoms with Gasteiger partial charge in [0.15, 0.2) is 0 Å². The van der Waals surface area contributed by atoms with Crippen molar-refractivity contribution < 1.29 is 24.2 Å². The minimum atomic E-state index is -0.821. The Balaban J connectivity index is 1.78. The largest absolute Gasteiger partial charge is 0.507 e. The summed E-state index contributed by atoms with van der Waals surface area (Å²) in [4.78, 5) is 50.0. The zero-order valence-corrected chi connectivity index (χ0v) is 17.2. The van der Waals surface area contributed by atoms with Gasteiger partial charge < -0.3 is 19.7 Å². The predicted octanol–water partition coefficient (Wildman–Crippen LogP) is 2.26. The Morgan fingerprint density at radius 1 is 1.09 bits per heavy atom. The fraction of sp³-hybridized carbons (Fsp3) is 0.174. The number of rotatable bonds is 6. The van der Waals surface area contributed by atoms with Crippen molar-refractivity contribution in [3.8, 4) is 0 Å². The van der Waals surface area contributed by atoms with Crippen molar-refractivity contribution in [2.45, 2.75) is 12.5 Å². The lowest BCUT2D eigenvalue weighted by molar-refractivity contribution is -0.139. The number of carbonyl (C=O) groups excluding carboxylic acids is 3. The molecule has 1 saturated heterocycles. The van der Waals surface area contributed by atoms with Crippen LogP contribution in [0.5, 0.6) is 0 Å². The number of esters is 1. The molecule has 162 valence electrons. The van der Waals surface area contributed by atoms with Crippen molar-refractivity contribution in [2.75, 3.05) is 13.7 Å². The molecule has 0 spiro atoms. The second-order valence-electron chi connectivity index (χ2n) is 7.17. The number of likely N-dealkylation sites (tertiary alicyclic amines) is 1. The molecule has 1 fully saturated rings. The van der Waals surface area contributed by atoms with E-state index in [1.54, 1.807) is 42.6 Å². The standard InChI is InChI=1S/C23H20N4O5/c1-32-23(31)16-4-2-14(3-5-16)19-18(20(28)15-6-9-24-10-7-15)21(29)22(30)27(19)11-8-17-12-25-13-26-17/h2-7,9-10,12-13,19,28H,8,11H2,1H3,(H,25,26). The van der Waals surface area contributed by atoms with Crippen LogP contribution < -0.4 is 0 Å². The molecule has 1 aromatic carbocycles. The van der Waals surface area contributed by atoms with E-state index >= 15 is 0 Å². The molecule has 0 bridgehead atoms. The summed E-state index contributed by atoms with van der Waals surface area (Å²) in [6, 6.07) is 8.70. The third kappa shape index (κ3) is 3.87. The van der Waals surface area contributed by atoms with Crippen LogP contribution in [0.2, 0.25) is 0 Å². The third-order valence-electron chi connectivity index (χ3n) is 5.32. The number of Topliss-reactive ketones (excluding diaryl/α,β-unsaturated/α-hetero) is 1. The third-order valence-corrected chi connectivity index (χ3v) is 5.32. The second-order valence-corrected chi connectivity index (χ2v) is 7.17. The molecule has 1 aliphatic heterocycles. The maximum absolute atomic E-state index is 13.0. The first-order chi connectivity index (χ1) is 15.5. The number of hydrogen-bond acceptors (Lipinski definition) is 7. The molecule has 1 atom stereocenters. The van der Waals surface area contributed by atoms with Crippen LogP contribution in [-0.2, 0) is 20.7 Å². The van der Waals surface area contributed by atoms with E-state index in [-0.39, 0.29) is 17.9 Å². The molecule has 9 heteroatoms. The van der Waals surface area contributed by atoms with Gasteiger partial charge in [0.05, 0.1) is 30.6 Å². The number of aliphatic hydroxyl groups is 1. The number of carbonyl (C=O) groups is 3. The van der Waals surface area contributed by atoms with Crippen molar-refractivity contribution in [2.24, 2.45) is 0 Å². The Morgan fingerprint density at radius 2 is 1.81 bits per heavy atom. The van der Waals surface area contributed by atoms with E-state index in [2.05, 4.69) is 15.0 Å². The van der Waals surface area contributed by atoms with E-state index in [1.165, 1.54) is 30.7 Å². The summed E-state index contributed by atoms with van der Waals surface area (Å²) in [7, 11) is 1.29. The fourth-order valence-corrected chi connectivity index (χ4v) is 3.70. The molecule has 3 aromatic rings. The Bertz CT molecular complexity index is 1170. The molecule has 1 unspecified atom stereocenters. The minimum absolute atomic E-state index is 0.0170. The van der Waals surface area contributed by atoms with Crippen molar-refractivity contribution in [1.82, 2.24) is 19.9 Å². The topological polar surface area (TPSA) is 125 Å². The van der Waals surface area contributed by atoms with Crippen LogP contribution >= 0.6 is 0 Å². The van der Waals surface area contributed by atoms with Crippen molar-refractivity contribution in [1.29, 1.82) is 0 Å². The quantitative estimate of drug-likeness (QED) is 0.265. The molecule has 0 saturated carbocycles. The maximum atomic E-state index is 13.0. The van der Waals surface area contributed by atoms with Crippen LogP contribution in [0.4, 0.5) is 0 Å². The van der Waals surface area contributed by atoms with E-state index in [0.29, 0.717) is 23.1 Å². The highest BCUT2D eigenvalue weighted by Crippen LogP contribution is 2.39. The number of aromatic amines is 1. The van der Waals surface area contributed by atoms with Gasteiger partial charge in [-0.3, -0.25) is 14.6 Å². The summed E-state index contributed by atoms with van der Waals surface area (Å²) in [6.07, 6.45) is 6.61. The number of aliphatic hydroxyl groups excluding tert-OH is 1. The number of pyridine rings is 1. The van der Waals surface area contributed by atoms with Crippen molar-refractivity contribution in [3.63, 3.8) is 0 Å². The van der Waals surface area contributed by atoms with Crippen LogP contribution in [0.3, 0.4) is 0 Å². The maximum Gasteiger partial charge on any atom is 0.337 e. The lowest BCUT2D eigenvalue weighted by Gasteiger charge is -2.25. The van der Waals surface area contributed by atoms with Gasteiger partial charge in [-0.05, 0) is 29.8 Å². The number of amides is 1. The van der Waals surface area contributed by atoms with Crippen LogP contribution in [0.1, 0.15) is 33.2 Å². The van der Waals surface area contributed by atoms with E-state index in [9.17, 15) is 19.5 Å². The molecular formula is C23H20N4O5. The first kappa shape index (κ1) is 21.0. The van der Waals surface area contributed by atoms with Gasteiger partial charge in [-0.1, -0.05) is 12.1 Å². The number of aromatic nitrogens is 3. The summed E-state index contributed by atoms with van der Waals surface area (Å²) in [5.74, 6) is -2.26. The molecule has 1 amide bonds. The highest BCUT2D eigenvalue weighted by molar-refractivity contribution is 6.46. The van der Waals surface area contributed by atoms with E-state index < -0.39 is 23.7 Å². The monoisotopic (exact) mass is 432 g/mol. The van der Waals surface area contributed by atoms with Crippen LogP contribution in [-0.4, -0.2) is 56.3 Å². The number of methoxy groups -OCH3 is 1. The first-order valence-corrected chi connectivity index (χ1v) is 9.85.